The van der Waals surface area contributed by atoms with Crippen LogP contribution in [0.3, 0.4) is 0 Å². The van der Waals surface area contributed by atoms with E-state index in [0.29, 0.717) is 19.3 Å². The molecule has 2 atom stereocenters. The molecule has 1 fully saturated rings. The lowest BCUT2D eigenvalue weighted by atomic mass is 9.79. The normalized spacial score (nSPS) is 22.7. The van der Waals surface area contributed by atoms with Crippen molar-refractivity contribution >= 4 is 17.7 Å². The lowest BCUT2D eigenvalue weighted by Gasteiger charge is -2.45. The van der Waals surface area contributed by atoms with Crippen LogP contribution in [0.4, 0.5) is 10.5 Å². The molecular formula is C21H24N2O3. The molecule has 3 rings (SSSR count). The van der Waals surface area contributed by atoms with Gasteiger partial charge in [-0.1, -0.05) is 48.5 Å². The van der Waals surface area contributed by atoms with E-state index in [1.807, 2.05) is 67.6 Å². The van der Waals surface area contributed by atoms with Crippen LogP contribution in [0.25, 0.3) is 0 Å². The SMILES string of the molecule is C[C@]1(Cc2ccccc2)CC[C@H](C(=O)Nc2ccccc2)CN1C(=O)O. The molecule has 0 radical (unpaired) electrons. The van der Waals surface area contributed by atoms with Gasteiger partial charge in [0.25, 0.3) is 0 Å². The van der Waals surface area contributed by atoms with Crippen molar-refractivity contribution in [2.45, 2.75) is 31.7 Å². The second-order valence-corrected chi connectivity index (χ2v) is 7.14. The van der Waals surface area contributed by atoms with E-state index >= 15 is 0 Å². The fourth-order valence-corrected chi connectivity index (χ4v) is 3.66. The molecule has 0 bridgehead atoms. The Hall–Kier alpha value is -2.82. The number of rotatable bonds is 4. The number of para-hydroxylation sites is 1. The molecule has 1 aliphatic rings. The molecule has 2 N–H and O–H groups in total. The number of anilines is 1. The minimum atomic E-state index is -0.972. The first-order valence-electron chi connectivity index (χ1n) is 8.88. The van der Waals surface area contributed by atoms with E-state index in [0.717, 1.165) is 11.3 Å². The summed E-state index contributed by atoms with van der Waals surface area (Å²) in [6, 6.07) is 19.2. The van der Waals surface area contributed by atoms with E-state index in [4.69, 9.17) is 0 Å². The summed E-state index contributed by atoms with van der Waals surface area (Å²) in [5.74, 6) is -0.459. The fourth-order valence-electron chi connectivity index (χ4n) is 3.66. The van der Waals surface area contributed by atoms with Crippen molar-refractivity contribution in [3.05, 3.63) is 66.2 Å². The number of carboxylic acid groups (broad SMARTS) is 1. The van der Waals surface area contributed by atoms with Crippen molar-refractivity contribution in [3.8, 4) is 0 Å². The van der Waals surface area contributed by atoms with E-state index in [-0.39, 0.29) is 18.4 Å². The Morgan fingerprint density at radius 1 is 1.12 bits per heavy atom. The maximum Gasteiger partial charge on any atom is 0.407 e. The number of nitrogens with one attached hydrogen (secondary N) is 1. The Morgan fingerprint density at radius 3 is 2.35 bits per heavy atom. The van der Waals surface area contributed by atoms with Gasteiger partial charge in [0.1, 0.15) is 0 Å². The first-order chi connectivity index (χ1) is 12.5. The summed E-state index contributed by atoms with van der Waals surface area (Å²) in [5.41, 5.74) is 1.34. The number of amides is 2. The maximum atomic E-state index is 12.6. The maximum absolute atomic E-state index is 12.6. The van der Waals surface area contributed by atoms with Gasteiger partial charge in [0.15, 0.2) is 0 Å². The molecule has 0 aliphatic carbocycles. The first kappa shape index (κ1) is 18.0. The zero-order valence-corrected chi connectivity index (χ0v) is 14.9. The third kappa shape index (κ3) is 4.04. The van der Waals surface area contributed by atoms with E-state index in [2.05, 4.69) is 5.32 Å². The summed E-state index contributed by atoms with van der Waals surface area (Å²) in [4.78, 5) is 25.9. The van der Waals surface area contributed by atoms with Crippen LogP contribution in [-0.4, -0.2) is 34.1 Å². The molecule has 0 spiro atoms. The molecule has 0 aromatic heterocycles. The van der Waals surface area contributed by atoms with Crippen LogP contribution in [0.2, 0.25) is 0 Å². The van der Waals surface area contributed by atoms with Gasteiger partial charge in [-0.25, -0.2) is 4.79 Å². The lowest BCUT2D eigenvalue weighted by molar-refractivity contribution is -0.122. The van der Waals surface area contributed by atoms with Crippen molar-refractivity contribution in [2.75, 3.05) is 11.9 Å². The van der Waals surface area contributed by atoms with Crippen molar-refractivity contribution in [3.63, 3.8) is 0 Å². The van der Waals surface area contributed by atoms with Crippen LogP contribution in [0.1, 0.15) is 25.3 Å². The van der Waals surface area contributed by atoms with Gasteiger partial charge >= 0.3 is 6.09 Å². The number of benzene rings is 2. The number of carbonyl (C=O) groups excluding carboxylic acids is 1. The highest BCUT2D eigenvalue weighted by Gasteiger charge is 2.42. The monoisotopic (exact) mass is 352 g/mol. The summed E-state index contributed by atoms with van der Waals surface area (Å²) in [6.07, 6.45) is 1.00. The largest absolute Gasteiger partial charge is 0.465 e. The van der Waals surface area contributed by atoms with Crippen molar-refractivity contribution in [2.24, 2.45) is 5.92 Å². The second-order valence-electron chi connectivity index (χ2n) is 7.14. The third-order valence-electron chi connectivity index (χ3n) is 5.16. The number of piperidine rings is 1. The van der Waals surface area contributed by atoms with Crippen LogP contribution in [0.5, 0.6) is 0 Å². The molecule has 1 saturated heterocycles. The van der Waals surface area contributed by atoms with Gasteiger partial charge in [-0.15, -0.1) is 0 Å². The van der Waals surface area contributed by atoms with Crippen molar-refractivity contribution in [1.29, 1.82) is 0 Å². The summed E-state index contributed by atoms with van der Waals surface area (Å²) in [7, 11) is 0. The number of hydrogen-bond acceptors (Lipinski definition) is 2. The van der Waals surface area contributed by atoms with Gasteiger partial charge < -0.3 is 15.3 Å². The van der Waals surface area contributed by atoms with E-state index in [9.17, 15) is 14.7 Å². The zero-order valence-electron chi connectivity index (χ0n) is 14.9. The molecule has 0 unspecified atom stereocenters. The highest BCUT2D eigenvalue weighted by atomic mass is 16.4. The van der Waals surface area contributed by atoms with Gasteiger partial charge in [-0.3, -0.25) is 4.79 Å². The smallest absolute Gasteiger partial charge is 0.407 e. The number of carbonyl (C=O) groups is 2. The average molecular weight is 352 g/mol. The van der Waals surface area contributed by atoms with Crippen LogP contribution in [-0.2, 0) is 11.2 Å². The molecule has 2 amide bonds. The van der Waals surface area contributed by atoms with Crippen molar-refractivity contribution < 1.29 is 14.7 Å². The molecule has 5 nitrogen and oxygen atoms in total. The van der Waals surface area contributed by atoms with Crippen LogP contribution in [0, 0.1) is 5.92 Å². The van der Waals surface area contributed by atoms with Gasteiger partial charge in [-0.2, -0.15) is 0 Å². The Bertz CT molecular complexity index is 763. The topological polar surface area (TPSA) is 69.6 Å². The van der Waals surface area contributed by atoms with E-state index in [1.165, 1.54) is 4.90 Å². The number of likely N-dealkylation sites (tertiary alicyclic amines) is 1. The minimum Gasteiger partial charge on any atom is -0.465 e. The highest BCUT2D eigenvalue weighted by Crippen LogP contribution is 2.34. The highest BCUT2D eigenvalue weighted by molar-refractivity contribution is 5.93. The molecule has 1 aliphatic heterocycles. The Labute approximate surface area is 153 Å². The molecule has 136 valence electrons. The molecular weight excluding hydrogens is 328 g/mol. The average Bonchev–Trinajstić information content (AvgIpc) is 2.63. The minimum absolute atomic E-state index is 0.121. The molecule has 2 aromatic carbocycles. The van der Waals surface area contributed by atoms with Gasteiger partial charge in [-0.05, 0) is 43.9 Å². The molecule has 0 saturated carbocycles. The third-order valence-corrected chi connectivity index (χ3v) is 5.16. The fraction of sp³-hybridized carbons (Fsp3) is 0.333. The molecule has 2 aromatic rings. The quantitative estimate of drug-likeness (QED) is 0.873. The summed E-state index contributed by atoms with van der Waals surface area (Å²) >= 11 is 0. The van der Waals surface area contributed by atoms with Gasteiger partial charge in [0.05, 0.1) is 5.92 Å². The predicted molar refractivity (Wildman–Crippen MR) is 101 cm³/mol. The van der Waals surface area contributed by atoms with Gasteiger partial charge in [0, 0.05) is 17.8 Å². The Balaban J connectivity index is 1.71. The lowest BCUT2D eigenvalue weighted by Crippen LogP contribution is -2.57. The van der Waals surface area contributed by atoms with E-state index in [1.54, 1.807) is 0 Å². The van der Waals surface area contributed by atoms with Gasteiger partial charge in [0.2, 0.25) is 5.91 Å². The standard InChI is InChI=1S/C21H24N2O3/c1-21(14-16-8-4-2-5-9-16)13-12-17(15-23(21)20(25)26)19(24)22-18-10-6-3-7-11-18/h2-11,17H,12-15H2,1H3,(H,22,24)(H,25,26)/t17-,21+/m0/s1. The summed E-state index contributed by atoms with van der Waals surface area (Å²) in [6.45, 7) is 2.19. The summed E-state index contributed by atoms with van der Waals surface area (Å²) in [5, 5.41) is 12.6. The van der Waals surface area contributed by atoms with Crippen molar-refractivity contribution in [1.82, 2.24) is 4.90 Å². The van der Waals surface area contributed by atoms with E-state index < -0.39 is 11.6 Å². The van der Waals surface area contributed by atoms with Crippen LogP contribution >= 0.6 is 0 Å². The Morgan fingerprint density at radius 2 is 1.73 bits per heavy atom. The zero-order chi connectivity index (χ0) is 18.6. The van der Waals surface area contributed by atoms with Crippen LogP contribution < -0.4 is 5.32 Å². The molecule has 26 heavy (non-hydrogen) atoms. The second kappa shape index (κ2) is 7.60. The predicted octanol–water partition coefficient (Wildman–Crippen LogP) is 4.02. The summed E-state index contributed by atoms with van der Waals surface area (Å²) < 4.78 is 0. The number of nitrogens with zero attached hydrogens (tertiary/aromatic N) is 1. The Kier molecular flexibility index (Phi) is 5.26. The number of hydrogen-bond donors (Lipinski definition) is 2. The first-order valence-corrected chi connectivity index (χ1v) is 8.88. The molecule has 1 heterocycles. The molecule has 5 heteroatoms. The van der Waals surface area contributed by atoms with Crippen LogP contribution in [0.15, 0.2) is 60.7 Å².